The van der Waals surface area contributed by atoms with Crippen molar-refractivity contribution in [2.24, 2.45) is 5.92 Å². The van der Waals surface area contributed by atoms with Crippen LogP contribution in [0, 0.1) is 5.92 Å². The Bertz CT molecular complexity index is 2100. The van der Waals surface area contributed by atoms with Crippen molar-refractivity contribution in [2.75, 3.05) is 33.4 Å². The van der Waals surface area contributed by atoms with E-state index in [0.29, 0.717) is 49.7 Å². The zero-order valence-electron chi connectivity index (χ0n) is 31.1. The van der Waals surface area contributed by atoms with Gasteiger partial charge in [0.25, 0.3) is 5.91 Å². The van der Waals surface area contributed by atoms with Crippen LogP contribution in [0.5, 0.6) is 11.6 Å². The summed E-state index contributed by atoms with van der Waals surface area (Å²) in [7, 11) is -2.37. The topological polar surface area (TPSA) is 203 Å². The summed E-state index contributed by atoms with van der Waals surface area (Å²) in [6.07, 6.45) is 11.4. The molecule has 56 heavy (non-hydrogen) atoms. The number of hydrogen-bond donors (Lipinski definition) is 3. The van der Waals surface area contributed by atoms with E-state index in [1.54, 1.807) is 19.4 Å². The highest BCUT2D eigenvalue weighted by atomic mass is 32.2. The molecule has 5 aliphatic rings. The molecular weight excluding hydrogens is 745 g/mol. The van der Waals surface area contributed by atoms with Crippen molar-refractivity contribution in [3.05, 3.63) is 60.8 Å². The molecule has 5 bridgehead atoms. The first-order valence-electron chi connectivity index (χ1n) is 18.9. The van der Waals surface area contributed by atoms with E-state index in [-0.39, 0.29) is 45.0 Å². The van der Waals surface area contributed by atoms with Gasteiger partial charge in [0.2, 0.25) is 33.6 Å². The minimum absolute atomic E-state index is 0.0358. The summed E-state index contributed by atoms with van der Waals surface area (Å²) in [5.74, 6) is -2.34. The molecule has 2 aromatic rings. The first-order chi connectivity index (χ1) is 26.9. The fraction of sp³-hybridized carbons (Fsp3) is 0.487. The Balaban J connectivity index is 1.28. The number of alkyl carbamates (subject to hydrolysis) is 1. The van der Waals surface area contributed by atoms with E-state index in [2.05, 4.69) is 26.9 Å². The third-order valence-corrected chi connectivity index (χ3v) is 12.7. The van der Waals surface area contributed by atoms with Gasteiger partial charge >= 0.3 is 6.09 Å². The molecule has 16 nitrogen and oxygen atoms in total. The van der Waals surface area contributed by atoms with Gasteiger partial charge < -0.3 is 34.6 Å². The van der Waals surface area contributed by atoms with Crippen LogP contribution in [0.25, 0.3) is 16.8 Å². The molecule has 3 aliphatic heterocycles. The maximum atomic E-state index is 14.7. The number of amides is 5. The Morgan fingerprint density at radius 1 is 1.12 bits per heavy atom. The maximum absolute atomic E-state index is 14.7. The lowest BCUT2D eigenvalue weighted by Crippen LogP contribution is -2.60. The Hall–Kier alpha value is -5.45. The summed E-state index contributed by atoms with van der Waals surface area (Å²) in [6, 6.07) is 2.98. The lowest BCUT2D eigenvalue weighted by molar-refractivity contribution is -0.142. The van der Waals surface area contributed by atoms with Crippen LogP contribution >= 0.6 is 0 Å². The first kappa shape index (κ1) is 38.8. The number of nitrogens with one attached hydrogen (secondary N) is 3. The van der Waals surface area contributed by atoms with Crippen LogP contribution < -0.4 is 24.8 Å². The van der Waals surface area contributed by atoms with E-state index in [1.165, 1.54) is 9.80 Å². The predicted octanol–water partition coefficient (Wildman–Crippen LogP) is 2.34. The Morgan fingerprint density at radius 3 is 2.70 bits per heavy atom. The van der Waals surface area contributed by atoms with Gasteiger partial charge in [0.15, 0.2) is 0 Å². The molecule has 4 heterocycles. The van der Waals surface area contributed by atoms with Crippen molar-refractivity contribution >= 4 is 56.6 Å². The van der Waals surface area contributed by atoms with Gasteiger partial charge in [-0.25, -0.2) is 18.2 Å². The third-order valence-electron chi connectivity index (χ3n) is 10.9. The van der Waals surface area contributed by atoms with Crippen molar-refractivity contribution < 1.29 is 46.6 Å². The van der Waals surface area contributed by atoms with Crippen LogP contribution in [0.1, 0.15) is 56.9 Å². The largest absolute Gasteiger partial charge is 0.496 e. The predicted molar refractivity (Wildman–Crippen MR) is 204 cm³/mol. The van der Waals surface area contributed by atoms with Crippen molar-refractivity contribution in [1.82, 2.24) is 30.1 Å². The van der Waals surface area contributed by atoms with Crippen molar-refractivity contribution in [1.29, 1.82) is 0 Å². The maximum Gasteiger partial charge on any atom is 0.407 e. The van der Waals surface area contributed by atoms with Gasteiger partial charge in [0.05, 0.1) is 32.1 Å². The highest BCUT2D eigenvalue weighted by Crippen LogP contribution is 2.46. The van der Waals surface area contributed by atoms with E-state index in [4.69, 9.17) is 14.2 Å². The molecule has 1 aromatic heterocycles. The molecule has 5 amide bonds. The van der Waals surface area contributed by atoms with E-state index < -0.39 is 74.6 Å². The van der Waals surface area contributed by atoms with Crippen LogP contribution in [0.4, 0.5) is 4.79 Å². The summed E-state index contributed by atoms with van der Waals surface area (Å²) in [6.45, 7) is 3.48. The lowest BCUT2D eigenvalue weighted by atomic mass is 10.1. The molecule has 7 rings (SSSR count). The Labute approximate surface area is 324 Å². The molecule has 0 radical (unpaired) electrons. The van der Waals surface area contributed by atoms with Crippen LogP contribution in [-0.2, 0) is 33.9 Å². The molecule has 1 saturated heterocycles. The van der Waals surface area contributed by atoms with Crippen molar-refractivity contribution in [3.63, 3.8) is 0 Å². The summed E-state index contributed by atoms with van der Waals surface area (Å²) >= 11 is 0. The van der Waals surface area contributed by atoms with Crippen LogP contribution in [-0.4, -0.2) is 115 Å². The molecule has 2 aliphatic carbocycles. The molecule has 1 aromatic carbocycles. The zero-order chi connectivity index (χ0) is 39.6. The lowest BCUT2D eigenvalue weighted by Gasteiger charge is -2.32. The number of benzene rings is 1. The second-order valence-corrected chi connectivity index (χ2v) is 16.8. The molecule has 5 unspecified atom stereocenters. The number of carbonyl (C=O) groups excluding carboxylic acids is 5. The number of carbonyl (C=O) groups is 5. The third kappa shape index (κ3) is 8.22. The minimum atomic E-state index is -3.94. The number of allylic oxidation sites excluding steroid dienone is 2. The number of rotatable bonds is 5. The van der Waals surface area contributed by atoms with Crippen LogP contribution in [0.15, 0.2) is 55.3 Å². The highest BCUT2D eigenvalue weighted by molar-refractivity contribution is 7.91. The Kier molecular flexibility index (Phi) is 11.1. The summed E-state index contributed by atoms with van der Waals surface area (Å²) in [5.41, 5.74) is -0.824. The fourth-order valence-corrected chi connectivity index (χ4v) is 8.90. The number of aromatic nitrogens is 1. The average Bonchev–Trinajstić information content (AvgIpc) is 4.10. The number of pyridine rings is 1. The monoisotopic (exact) mass is 790 g/mol. The Morgan fingerprint density at radius 2 is 1.93 bits per heavy atom. The normalized spacial score (nSPS) is 27.3. The second-order valence-electron chi connectivity index (χ2n) is 14.8. The average molecular weight is 791 g/mol. The second kappa shape index (κ2) is 16.0. The standard InChI is InChI=1S/C39H46N6O10S/c1-3-33(46)44-16-8-4-7-11-26-21-39(26,37(49)43-56(51,52)28-12-13-28)42-34(47)31-20-27-22-45(31)36(48)30(23-44)41-38(50)54-17-9-5-6-10-25-18-29-24(19-32(25)53-2)14-15-40-35(29)55-27/h3,6-7,10-11,14-15,18-19,26-28,30-31H,1,4-5,8-9,12-13,16-17,20-23H2,2H3,(H,41,50)(H,42,47)(H,43,49). The number of nitrogens with zero attached hydrogens (tertiary/aromatic N) is 3. The van der Waals surface area contributed by atoms with Gasteiger partial charge in [-0.15, -0.1) is 0 Å². The van der Waals surface area contributed by atoms with Gasteiger partial charge in [0.1, 0.15) is 29.5 Å². The smallest absolute Gasteiger partial charge is 0.407 e. The van der Waals surface area contributed by atoms with Gasteiger partial charge in [-0.2, -0.15) is 0 Å². The highest BCUT2D eigenvalue weighted by Gasteiger charge is 2.62. The number of sulfonamides is 1. The molecule has 17 heteroatoms. The molecule has 3 fully saturated rings. The van der Waals surface area contributed by atoms with E-state index in [0.717, 1.165) is 17.0 Å². The number of cyclic esters (lactones) is 1. The van der Waals surface area contributed by atoms with E-state index >= 15 is 0 Å². The van der Waals surface area contributed by atoms with E-state index in [9.17, 15) is 32.4 Å². The quantitative estimate of drug-likeness (QED) is 0.297. The van der Waals surface area contributed by atoms with Crippen molar-refractivity contribution in [3.8, 4) is 11.6 Å². The molecule has 2 saturated carbocycles. The molecule has 5 atom stereocenters. The van der Waals surface area contributed by atoms with E-state index in [1.807, 2.05) is 36.4 Å². The molecular formula is C39H46N6O10S. The molecule has 0 spiro atoms. The van der Waals surface area contributed by atoms with Crippen molar-refractivity contribution in [2.45, 2.75) is 80.3 Å². The fourth-order valence-electron chi connectivity index (χ4n) is 7.54. The first-order valence-corrected chi connectivity index (χ1v) is 20.5. The van der Waals surface area contributed by atoms with Crippen LogP contribution in [0.2, 0.25) is 0 Å². The minimum Gasteiger partial charge on any atom is -0.496 e. The van der Waals surface area contributed by atoms with Gasteiger partial charge in [-0.1, -0.05) is 30.9 Å². The van der Waals surface area contributed by atoms with Gasteiger partial charge in [-0.05, 0) is 74.6 Å². The molecule has 3 N–H and O–H groups in total. The SMILES string of the molecule is C=CC(=O)N1CCCC=CC2CC2(C(=O)NS(=O)(=O)C2CC2)NC(=O)C2CC3CN2C(=O)C(C1)NC(=O)OCCCC=Cc1cc2c(nccc2cc1OC)O3. The van der Waals surface area contributed by atoms with Gasteiger partial charge in [0, 0.05) is 36.0 Å². The summed E-state index contributed by atoms with van der Waals surface area (Å²) < 4.78 is 45.5. The zero-order valence-corrected chi connectivity index (χ0v) is 31.9. The van der Waals surface area contributed by atoms with Gasteiger partial charge in [-0.3, -0.25) is 23.9 Å². The number of ether oxygens (including phenoxy) is 3. The summed E-state index contributed by atoms with van der Waals surface area (Å²) in [4.78, 5) is 76.4. The number of hydrogen-bond acceptors (Lipinski definition) is 11. The number of fused-ring (bicyclic) bond motifs is 4. The van der Waals surface area contributed by atoms with Crippen LogP contribution in [0.3, 0.4) is 0 Å². The number of methoxy groups -OCH3 is 1. The molecule has 298 valence electrons. The summed E-state index contributed by atoms with van der Waals surface area (Å²) in [5, 5.41) is 6.25.